The first-order valence-corrected chi connectivity index (χ1v) is 11.2. The van der Waals surface area contributed by atoms with E-state index < -0.39 is 10.0 Å². The molecule has 3 rings (SSSR count). The smallest absolute Gasteiger partial charge is 0.243 e. The molecule has 1 heterocycles. The van der Waals surface area contributed by atoms with Gasteiger partial charge in [-0.3, -0.25) is 4.79 Å². The van der Waals surface area contributed by atoms with Crippen molar-refractivity contribution in [2.75, 3.05) is 11.9 Å². The second-order valence-electron chi connectivity index (χ2n) is 7.24. The van der Waals surface area contributed by atoms with E-state index in [0.29, 0.717) is 23.7 Å². The van der Waals surface area contributed by atoms with Gasteiger partial charge in [0.15, 0.2) is 0 Å². The van der Waals surface area contributed by atoms with Crippen LogP contribution in [0.3, 0.4) is 0 Å². The third kappa shape index (κ3) is 4.57. The van der Waals surface area contributed by atoms with Crippen LogP contribution in [0.2, 0.25) is 5.02 Å². The first-order valence-electron chi connectivity index (χ1n) is 9.42. The van der Waals surface area contributed by atoms with Crippen LogP contribution in [-0.4, -0.2) is 31.2 Å². The summed E-state index contributed by atoms with van der Waals surface area (Å²) in [6, 6.07) is 11.8. The van der Waals surface area contributed by atoms with Crippen LogP contribution in [-0.2, 0) is 14.8 Å². The Morgan fingerprint density at radius 1 is 1.14 bits per heavy atom. The highest BCUT2D eigenvalue weighted by molar-refractivity contribution is 7.89. The molecule has 150 valence electrons. The number of amides is 1. The minimum Gasteiger partial charge on any atom is -0.326 e. The number of halogens is 1. The Hall–Kier alpha value is -1.89. The zero-order valence-electron chi connectivity index (χ0n) is 16.1. The van der Waals surface area contributed by atoms with Gasteiger partial charge in [-0.1, -0.05) is 41.8 Å². The van der Waals surface area contributed by atoms with Crippen molar-refractivity contribution in [1.29, 1.82) is 0 Å². The van der Waals surface area contributed by atoms with Crippen LogP contribution in [0.5, 0.6) is 0 Å². The number of rotatable bonds is 5. The summed E-state index contributed by atoms with van der Waals surface area (Å²) < 4.78 is 27.7. The normalized spacial score (nSPS) is 18.0. The molecule has 0 saturated carbocycles. The molecular formula is C21H25ClN2O3S. The number of benzene rings is 2. The molecular weight excluding hydrogens is 396 g/mol. The van der Waals surface area contributed by atoms with Crippen LogP contribution in [0, 0.1) is 13.8 Å². The molecule has 1 saturated heterocycles. The SMILES string of the molecule is Cc1ccc(S(=O)(=O)N2CCCC[C@H]2CC(=O)Nc2cccc(Cl)c2C)cc1. The topological polar surface area (TPSA) is 66.5 Å². The lowest BCUT2D eigenvalue weighted by Crippen LogP contribution is -2.45. The van der Waals surface area contributed by atoms with Crippen molar-refractivity contribution in [2.24, 2.45) is 0 Å². The predicted molar refractivity (Wildman–Crippen MR) is 112 cm³/mol. The molecule has 0 spiro atoms. The van der Waals surface area contributed by atoms with Gasteiger partial charge in [-0.25, -0.2) is 8.42 Å². The summed E-state index contributed by atoms with van der Waals surface area (Å²) in [4.78, 5) is 12.9. The Labute approximate surface area is 171 Å². The van der Waals surface area contributed by atoms with E-state index >= 15 is 0 Å². The molecule has 0 radical (unpaired) electrons. The highest BCUT2D eigenvalue weighted by atomic mass is 35.5. The predicted octanol–water partition coefficient (Wildman–Crippen LogP) is 4.53. The molecule has 1 aliphatic heterocycles. The van der Waals surface area contributed by atoms with E-state index in [4.69, 9.17) is 11.6 Å². The summed E-state index contributed by atoms with van der Waals surface area (Å²) in [5.41, 5.74) is 2.46. The number of hydrogen-bond acceptors (Lipinski definition) is 3. The van der Waals surface area contributed by atoms with Gasteiger partial charge in [0.2, 0.25) is 15.9 Å². The average Bonchev–Trinajstić information content (AvgIpc) is 2.66. The fraction of sp³-hybridized carbons (Fsp3) is 0.381. The quantitative estimate of drug-likeness (QED) is 0.772. The molecule has 1 aliphatic rings. The van der Waals surface area contributed by atoms with E-state index in [2.05, 4.69) is 5.32 Å². The number of carbonyl (C=O) groups excluding carboxylic acids is 1. The molecule has 28 heavy (non-hydrogen) atoms. The third-order valence-corrected chi connectivity index (χ3v) is 7.54. The number of sulfonamides is 1. The van der Waals surface area contributed by atoms with Gasteiger partial charge in [0.1, 0.15) is 0 Å². The number of aryl methyl sites for hydroxylation is 1. The molecule has 1 fully saturated rings. The largest absolute Gasteiger partial charge is 0.326 e. The number of carbonyl (C=O) groups is 1. The van der Waals surface area contributed by atoms with Crippen molar-refractivity contribution in [3.63, 3.8) is 0 Å². The molecule has 0 aliphatic carbocycles. The first kappa shape index (κ1) is 20.8. The van der Waals surface area contributed by atoms with Gasteiger partial charge in [0, 0.05) is 29.7 Å². The second-order valence-corrected chi connectivity index (χ2v) is 9.54. The maximum atomic E-state index is 13.1. The standard InChI is InChI=1S/C21H25ClN2O3S/c1-15-9-11-18(12-10-15)28(26,27)24-13-4-3-6-17(24)14-21(25)23-20-8-5-7-19(22)16(20)2/h5,7-12,17H,3-4,6,13-14H2,1-2H3,(H,23,25)/t17-/m0/s1. The maximum Gasteiger partial charge on any atom is 0.243 e. The third-order valence-electron chi connectivity index (χ3n) is 5.16. The lowest BCUT2D eigenvalue weighted by molar-refractivity contribution is -0.117. The number of nitrogens with zero attached hydrogens (tertiary/aromatic N) is 1. The van der Waals surface area contributed by atoms with Crippen molar-refractivity contribution < 1.29 is 13.2 Å². The number of nitrogens with one attached hydrogen (secondary N) is 1. The highest BCUT2D eigenvalue weighted by Gasteiger charge is 2.34. The fourth-order valence-electron chi connectivity index (χ4n) is 3.50. The van der Waals surface area contributed by atoms with Crippen molar-refractivity contribution in [3.8, 4) is 0 Å². The summed E-state index contributed by atoms with van der Waals surface area (Å²) in [7, 11) is -3.63. The molecule has 0 unspecified atom stereocenters. The summed E-state index contributed by atoms with van der Waals surface area (Å²) in [5, 5.41) is 3.46. The zero-order chi connectivity index (χ0) is 20.3. The van der Waals surface area contributed by atoms with E-state index in [0.717, 1.165) is 24.0 Å². The Morgan fingerprint density at radius 3 is 2.57 bits per heavy atom. The molecule has 1 amide bonds. The van der Waals surface area contributed by atoms with Crippen LogP contribution in [0.15, 0.2) is 47.4 Å². The van der Waals surface area contributed by atoms with Crippen LogP contribution in [0.4, 0.5) is 5.69 Å². The molecule has 0 aromatic heterocycles. The van der Waals surface area contributed by atoms with Gasteiger partial charge in [0.25, 0.3) is 0 Å². The minimum absolute atomic E-state index is 0.122. The van der Waals surface area contributed by atoms with Gasteiger partial charge >= 0.3 is 0 Å². The monoisotopic (exact) mass is 420 g/mol. The molecule has 7 heteroatoms. The van der Waals surface area contributed by atoms with Crippen molar-refractivity contribution in [3.05, 3.63) is 58.6 Å². The molecule has 0 bridgehead atoms. The van der Waals surface area contributed by atoms with E-state index in [-0.39, 0.29) is 23.3 Å². The van der Waals surface area contributed by atoms with Crippen molar-refractivity contribution >= 4 is 33.2 Å². The van der Waals surface area contributed by atoms with Crippen LogP contribution >= 0.6 is 11.6 Å². The highest BCUT2D eigenvalue weighted by Crippen LogP contribution is 2.28. The van der Waals surface area contributed by atoms with E-state index in [1.165, 1.54) is 4.31 Å². The van der Waals surface area contributed by atoms with Crippen molar-refractivity contribution in [1.82, 2.24) is 4.31 Å². The summed E-state index contributed by atoms with van der Waals surface area (Å²) in [6.45, 7) is 4.19. The number of hydrogen-bond donors (Lipinski definition) is 1. The molecule has 5 nitrogen and oxygen atoms in total. The summed E-state index contributed by atoms with van der Waals surface area (Å²) in [6.07, 6.45) is 2.51. The minimum atomic E-state index is -3.63. The second kappa shape index (κ2) is 8.64. The van der Waals surface area contributed by atoms with E-state index in [1.54, 1.807) is 42.5 Å². The Morgan fingerprint density at radius 2 is 1.86 bits per heavy atom. The summed E-state index contributed by atoms with van der Waals surface area (Å²) in [5.74, 6) is -0.207. The van der Waals surface area contributed by atoms with Crippen molar-refractivity contribution in [2.45, 2.75) is 50.5 Å². The molecule has 1 atom stereocenters. The molecule has 2 aromatic rings. The lowest BCUT2D eigenvalue weighted by atomic mass is 10.0. The van der Waals surface area contributed by atoms with Gasteiger partial charge in [-0.15, -0.1) is 0 Å². The number of anilines is 1. The lowest BCUT2D eigenvalue weighted by Gasteiger charge is -2.34. The molecule has 1 N–H and O–H groups in total. The van der Waals surface area contributed by atoms with Gasteiger partial charge in [0.05, 0.1) is 4.90 Å². The van der Waals surface area contributed by atoms with Gasteiger partial charge in [-0.2, -0.15) is 4.31 Å². The van der Waals surface area contributed by atoms with Crippen LogP contribution < -0.4 is 5.32 Å². The van der Waals surface area contributed by atoms with E-state index in [1.807, 2.05) is 13.8 Å². The van der Waals surface area contributed by atoms with Crippen LogP contribution in [0.25, 0.3) is 0 Å². The molecule has 2 aromatic carbocycles. The zero-order valence-corrected chi connectivity index (χ0v) is 17.7. The average molecular weight is 421 g/mol. The summed E-state index contributed by atoms with van der Waals surface area (Å²) >= 11 is 6.11. The number of piperidine rings is 1. The van der Waals surface area contributed by atoms with Crippen LogP contribution in [0.1, 0.15) is 36.8 Å². The maximum absolute atomic E-state index is 13.1. The Kier molecular flexibility index (Phi) is 6.43. The Balaban J connectivity index is 1.77. The first-order chi connectivity index (χ1) is 13.3. The van der Waals surface area contributed by atoms with E-state index in [9.17, 15) is 13.2 Å². The fourth-order valence-corrected chi connectivity index (χ4v) is 5.37. The van der Waals surface area contributed by atoms with Gasteiger partial charge in [-0.05, 0) is 56.5 Å². The van der Waals surface area contributed by atoms with Gasteiger partial charge < -0.3 is 5.32 Å². The Bertz CT molecular complexity index is 958.